The summed E-state index contributed by atoms with van der Waals surface area (Å²) in [6.45, 7) is 1.00. The molecule has 0 fully saturated rings. The van der Waals surface area contributed by atoms with Gasteiger partial charge in [-0.3, -0.25) is 9.69 Å². The summed E-state index contributed by atoms with van der Waals surface area (Å²) in [5.41, 5.74) is 2.42. The molecule has 0 saturated heterocycles. The second-order valence-electron chi connectivity index (χ2n) is 6.61. The van der Waals surface area contributed by atoms with Crippen molar-refractivity contribution in [3.8, 4) is 23.0 Å². The van der Waals surface area contributed by atoms with Crippen LogP contribution in [-0.2, 0) is 6.42 Å². The molecule has 1 atom stereocenters. The number of likely N-dealkylation sites (N-methyl/N-ethyl adjacent to an activating group) is 1. The van der Waals surface area contributed by atoms with Gasteiger partial charge >= 0.3 is 0 Å². The van der Waals surface area contributed by atoms with Gasteiger partial charge in [-0.1, -0.05) is 12.1 Å². The average Bonchev–Trinajstić information content (AvgIpc) is 3.10. The minimum atomic E-state index is -0.157. The van der Waals surface area contributed by atoms with Crippen LogP contribution < -0.4 is 14.2 Å². The molecule has 136 valence electrons. The van der Waals surface area contributed by atoms with Gasteiger partial charge in [0.2, 0.25) is 12.5 Å². The molecule has 6 heteroatoms. The number of benzene rings is 2. The summed E-state index contributed by atoms with van der Waals surface area (Å²) >= 11 is 0. The first-order valence-electron chi connectivity index (χ1n) is 8.61. The van der Waals surface area contributed by atoms with E-state index in [0.29, 0.717) is 22.8 Å². The number of para-hydroxylation sites is 1. The van der Waals surface area contributed by atoms with Gasteiger partial charge in [0, 0.05) is 24.6 Å². The number of methoxy groups -OCH3 is 1. The van der Waals surface area contributed by atoms with Crippen LogP contribution in [-0.4, -0.2) is 43.3 Å². The Bertz CT molecular complexity index is 864. The number of Topliss-reactive ketones (excluding diaryl/α,β-unsaturated/α-hetero) is 1. The lowest BCUT2D eigenvalue weighted by Gasteiger charge is -2.35. The topological polar surface area (TPSA) is 68.2 Å². The number of phenols is 1. The van der Waals surface area contributed by atoms with E-state index in [4.69, 9.17) is 14.2 Å². The second kappa shape index (κ2) is 6.53. The van der Waals surface area contributed by atoms with E-state index in [1.54, 1.807) is 25.3 Å². The fraction of sp³-hybridized carbons (Fsp3) is 0.350. The molecule has 0 aromatic heterocycles. The van der Waals surface area contributed by atoms with Gasteiger partial charge in [-0.15, -0.1) is 0 Å². The number of fused-ring (bicyclic) bond motifs is 2. The fourth-order valence-electron chi connectivity index (χ4n) is 3.78. The van der Waals surface area contributed by atoms with E-state index in [1.807, 2.05) is 13.1 Å². The van der Waals surface area contributed by atoms with Gasteiger partial charge in [0.25, 0.3) is 0 Å². The third-order valence-corrected chi connectivity index (χ3v) is 5.13. The molecule has 0 bridgehead atoms. The summed E-state index contributed by atoms with van der Waals surface area (Å²) in [7, 11) is 3.60. The van der Waals surface area contributed by atoms with Crippen molar-refractivity contribution in [1.29, 1.82) is 0 Å². The normalized spacial score (nSPS) is 18.5. The number of ketones is 1. The summed E-state index contributed by atoms with van der Waals surface area (Å²) in [5.74, 6) is 1.83. The van der Waals surface area contributed by atoms with Crippen LogP contribution in [0.2, 0.25) is 0 Å². The molecule has 4 rings (SSSR count). The Morgan fingerprint density at radius 3 is 2.92 bits per heavy atom. The van der Waals surface area contributed by atoms with Crippen molar-refractivity contribution in [2.75, 3.05) is 27.5 Å². The number of carbonyl (C=O) groups excluding carboxylic acids is 1. The lowest BCUT2D eigenvalue weighted by molar-refractivity contribution is 0.0923. The van der Waals surface area contributed by atoms with Crippen LogP contribution in [0, 0.1) is 0 Å². The number of hydrogen-bond donors (Lipinski definition) is 1. The van der Waals surface area contributed by atoms with E-state index in [2.05, 4.69) is 4.90 Å². The van der Waals surface area contributed by atoms with Gasteiger partial charge in [-0.05, 0) is 37.2 Å². The van der Waals surface area contributed by atoms with Crippen molar-refractivity contribution in [3.63, 3.8) is 0 Å². The quantitative estimate of drug-likeness (QED) is 0.851. The van der Waals surface area contributed by atoms with Crippen molar-refractivity contribution in [1.82, 2.24) is 4.90 Å². The minimum Gasteiger partial charge on any atom is -0.507 e. The van der Waals surface area contributed by atoms with Gasteiger partial charge in [0.05, 0.1) is 12.7 Å². The molecule has 26 heavy (non-hydrogen) atoms. The van der Waals surface area contributed by atoms with Gasteiger partial charge in [0.15, 0.2) is 17.3 Å². The second-order valence-corrected chi connectivity index (χ2v) is 6.61. The van der Waals surface area contributed by atoms with Crippen LogP contribution in [0.1, 0.15) is 33.9 Å². The predicted octanol–water partition coefficient (Wildman–Crippen LogP) is 2.93. The first-order valence-corrected chi connectivity index (χ1v) is 8.61. The first-order chi connectivity index (χ1) is 12.6. The van der Waals surface area contributed by atoms with Crippen LogP contribution in [0.3, 0.4) is 0 Å². The van der Waals surface area contributed by atoms with Crippen molar-refractivity contribution >= 4 is 5.78 Å². The molecular formula is C20H21NO5. The fourth-order valence-corrected chi connectivity index (χ4v) is 3.78. The number of hydrogen-bond acceptors (Lipinski definition) is 6. The number of ether oxygens (including phenoxy) is 3. The zero-order valence-electron chi connectivity index (χ0n) is 14.8. The average molecular weight is 355 g/mol. The predicted molar refractivity (Wildman–Crippen MR) is 95.2 cm³/mol. The molecule has 2 aliphatic heterocycles. The Morgan fingerprint density at radius 2 is 2.15 bits per heavy atom. The molecule has 0 unspecified atom stereocenters. The third-order valence-electron chi connectivity index (χ3n) is 5.13. The summed E-state index contributed by atoms with van der Waals surface area (Å²) in [6, 6.07) is 8.48. The van der Waals surface area contributed by atoms with E-state index in [1.165, 1.54) is 6.07 Å². The molecule has 0 radical (unpaired) electrons. The minimum absolute atomic E-state index is 0.00818. The molecule has 2 heterocycles. The Kier molecular flexibility index (Phi) is 4.20. The maximum atomic E-state index is 12.8. The van der Waals surface area contributed by atoms with Crippen LogP contribution in [0.5, 0.6) is 23.0 Å². The maximum absolute atomic E-state index is 12.8. The van der Waals surface area contributed by atoms with Gasteiger partial charge < -0.3 is 19.3 Å². The molecule has 2 aromatic rings. The van der Waals surface area contributed by atoms with E-state index in [-0.39, 0.29) is 30.8 Å². The first kappa shape index (κ1) is 16.7. The molecule has 0 amide bonds. The highest BCUT2D eigenvalue weighted by molar-refractivity contribution is 5.99. The van der Waals surface area contributed by atoms with Crippen LogP contribution in [0.15, 0.2) is 30.3 Å². The monoisotopic (exact) mass is 355 g/mol. The van der Waals surface area contributed by atoms with Crippen molar-refractivity contribution in [2.24, 2.45) is 0 Å². The molecule has 0 spiro atoms. The summed E-state index contributed by atoms with van der Waals surface area (Å²) < 4.78 is 16.8. The number of aromatic hydroxyl groups is 1. The van der Waals surface area contributed by atoms with E-state index >= 15 is 0 Å². The lowest BCUT2D eigenvalue weighted by atomic mass is 9.87. The Balaban J connectivity index is 1.74. The Labute approximate surface area is 151 Å². The van der Waals surface area contributed by atoms with Crippen LogP contribution in [0.4, 0.5) is 0 Å². The maximum Gasteiger partial charge on any atom is 0.231 e. The highest BCUT2D eigenvalue weighted by atomic mass is 16.7. The van der Waals surface area contributed by atoms with Crippen molar-refractivity contribution in [2.45, 2.75) is 18.9 Å². The van der Waals surface area contributed by atoms with Gasteiger partial charge in [-0.25, -0.2) is 0 Å². The molecule has 0 saturated carbocycles. The standard InChI is InChI=1S/C20H21NO5/c1-21-8-7-12-9-17-19(26-11-25-17)20(24-2)18(12)14(21)10-16(23)13-5-3-4-6-15(13)22/h3-6,9,14,22H,7-8,10-11H2,1-2H3/t14-/m1/s1. The Morgan fingerprint density at radius 1 is 1.35 bits per heavy atom. The van der Waals surface area contributed by atoms with Crippen molar-refractivity contribution in [3.05, 3.63) is 47.0 Å². The molecular weight excluding hydrogens is 334 g/mol. The summed E-state index contributed by atoms with van der Waals surface area (Å²) in [6.07, 6.45) is 1.09. The number of nitrogens with zero attached hydrogens (tertiary/aromatic N) is 1. The highest BCUT2D eigenvalue weighted by Gasteiger charge is 2.35. The number of phenolic OH excluding ortho intramolecular Hbond substituents is 1. The molecule has 2 aromatic carbocycles. The molecule has 0 aliphatic carbocycles. The SMILES string of the molecule is COc1c2c(cc3c1[C@@H](CC(=O)c1ccccc1O)N(C)CC3)OCO2. The zero-order chi connectivity index (χ0) is 18.3. The van der Waals surface area contributed by atoms with Gasteiger partial charge in [-0.2, -0.15) is 0 Å². The number of carbonyl (C=O) groups is 1. The lowest BCUT2D eigenvalue weighted by Crippen LogP contribution is -2.34. The van der Waals surface area contributed by atoms with Crippen LogP contribution >= 0.6 is 0 Å². The summed E-state index contributed by atoms with van der Waals surface area (Å²) in [4.78, 5) is 15.0. The van der Waals surface area contributed by atoms with E-state index in [9.17, 15) is 9.90 Å². The van der Waals surface area contributed by atoms with Crippen molar-refractivity contribution < 1.29 is 24.1 Å². The molecule has 6 nitrogen and oxygen atoms in total. The summed E-state index contributed by atoms with van der Waals surface area (Å²) in [5, 5.41) is 10.0. The molecule has 2 aliphatic rings. The molecule has 1 N–H and O–H groups in total. The zero-order valence-corrected chi connectivity index (χ0v) is 14.8. The Hall–Kier alpha value is -2.73. The third kappa shape index (κ3) is 2.66. The smallest absolute Gasteiger partial charge is 0.231 e. The van der Waals surface area contributed by atoms with E-state index in [0.717, 1.165) is 24.1 Å². The largest absolute Gasteiger partial charge is 0.507 e. The highest BCUT2D eigenvalue weighted by Crippen LogP contribution is 2.50. The van der Waals surface area contributed by atoms with E-state index < -0.39 is 0 Å². The van der Waals surface area contributed by atoms with Gasteiger partial charge in [0.1, 0.15) is 5.75 Å². The van der Waals surface area contributed by atoms with Crippen LogP contribution in [0.25, 0.3) is 0 Å². The number of rotatable bonds is 4.